The highest BCUT2D eigenvalue weighted by Gasteiger charge is 2.38. The van der Waals surface area contributed by atoms with Gasteiger partial charge in [-0.25, -0.2) is 0 Å². The number of esters is 1. The first-order valence-corrected chi connectivity index (χ1v) is 9.77. The second-order valence-electron chi connectivity index (χ2n) is 7.22. The minimum atomic E-state index is -3.00. The number of rotatable bonds is 4. The molecule has 5 rings (SSSR count). The van der Waals surface area contributed by atoms with E-state index in [2.05, 4.69) is 9.72 Å². The number of hydrogen-bond acceptors (Lipinski definition) is 6. The second-order valence-corrected chi connectivity index (χ2v) is 7.22. The van der Waals surface area contributed by atoms with Crippen molar-refractivity contribution in [3.05, 3.63) is 88.9 Å². The lowest BCUT2D eigenvalue weighted by Crippen LogP contribution is -2.21. The fourth-order valence-corrected chi connectivity index (χ4v) is 3.93. The van der Waals surface area contributed by atoms with Crippen molar-refractivity contribution in [2.45, 2.75) is 19.0 Å². The van der Waals surface area contributed by atoms with Crippen LogP contribution < -0.4 is 14.2 Å². The van der Waals surface area contributed by atoms with Crippen LogP contribution in [0.3, 0.4) is 0 Å². The minimum Gasteiger partial charge on any atom is -0.452 e. The maximum absolute atomic E-state index is 13.0. The van der Waals surface area contributed by atoms with Crippen LogP contribution in [0.4, 0.5) is 8.78 Å². The van der Waals surface area contributed by atoms with Crippen molar-refractivity contribution in [2.24, 2.45) is 0 Å². The number of para-hydroxylation sites is 1. The number of nitrogens with zero attached hydrogens (tertiary/aromatic N) is 1. The Kier molecular flexibility index (Phi) is 4.89. The highest BCUT2D eigenvalue weighted by atomic mass is 19.3. The molecule has 0 bridgehead atoms. The molecule has 0 saturated heterocycles. The molecule has 0 spiro atoms. The third kappa shape index (κ3) is 3.49. The molecule has 2 aliphatic heterocycles. The molecule has 1 aromatic heterocycles. The summed E-state index contributed by atoms with van der Waals surface area (Å²) in [5.74, 6) is -0.682. The van der Waals surface area contributed by atoms with Gasteiger partial charge in [0.2, 0.25) is 5.78 Å². The average molecular weight is 435 g/mol. The smallest absolute Gasteiger partial charge is 0.387 e. The zero-order chi connectivity index (χ0) is 22.2. The van der Waals surface area contributed by atoms with Crippen LogP contribution in [0.25, 0.3) is 6.08 Å². The van der Waals surface area contributed by atoms with Crippen LogP contribution in [0.15, 0.2) is 66.7 Å². The minimum absolute atomic E-state index is 0.0379. The normalized spacial score (nSPS) is 18.2. The Hall–Kier alpha value is -4.07. The van der Waals surface area contributed by atoms with E-state index in [1.54, 1.807) is 48.8 Å². The number of allylic oxidation sites excluding steroid dienone is 1. The van der Waals surface area contributed by atoms with Crippen LogP contribution >= 0.6 is 0 Å². The van der Waals surface area contributed by atoms with Crippen molar-refractivity contribution in [3.8, 4) is 17.2 Å². The Morgan fingerprint density at radius 3 is 2.59 bits per heavy atom. The molecule has 2 aliphatic rings. The summed E-state index contributed by atoms with van der Waals surface area (Å²) in [5, 5.41) is 0. The van der Waals surface area contributed by atoms with Gasteiger partial charge < -0.3 is 14.2 Å². The third-order valence-electron chi connectivity index (χ3n) is 5.31. The van der Waals surface area contributed by atoms with Gasteiger partial charge in [-0.3, -0.25) is 14.6 Å². The predicted molar refractivity (Wildman–Crippen MR) is 109 cm³/mol. The summed E-state index contributed by atoms with van der Waals surface area (Å²) in [6.45, 7) is -3.00. The van der Waals surface area contributed by atoms with Gasteiger partial charge in [0, 0.05) is 29.4 Å². The molecule has 8 heteroatoms. The fraction of sp³-hybridized carbons (Fsp3) is 0.125. The van der Waals surface area contributed by atoms with Crippen molar-refractivity contribution in [2.75, 3.05) is 0 Å². The van der Waals surface area contributed by atoms with Crippen LogP contribution in [0, 0.1) is 0 Å². The number of Topliss-reactive ketones (excluding diaryl/α,β-unsaturated/α-hetero) is 1. The molecule has 6 nitrogen and oxygen atoms in total. The van der Waals surface area contributed by atoms with Crippen molar-refractivity contribution in [1.82, 2.24) is 4.98 Å². The van der Waals surface area contributed by atoms with Crippen molar-refractivity contribution in [1.29, 1.82) is 0 Å². The summed E-state index contributed by atoms with van der Waals surface area (Å²) in [5.41, 5.74) is 1.99. The van der Waals surface area contributed by atoms with Gasteiger partial charge >= 0.3 is 12.6 Å². The molecule has 0 N–H and O–H groups in total. The SMILES string of the molecule is O=C1CC(c2ccncc2)c2c(ccc3c2O/C(=C\c2ccccc2OC(F)F)C3=O)O1. The molecule has 1 atom stereocenters. The predicted octanol–water partition coefficient (Wildman–Crippen LogP) is 4.74. The van der Waals surface area contributed by atoms with Gasteiger partial charge in [-0.15, -0.1) is 0 Å². The van der Waals surface area contributed by atoms with Gasteiger partial charge in [-0.05, 0) is 42.0 Å². The van der Waals surface area contributed by atoms with Gasteiger partial charge in [0.05, 0.1) is 12.0 Å². The van der Waals surface area contributed by atoms with Crippen LogP contribution in [0.1, 0.15) is 39.4 Å². The number of ether oxygens (including phenoxy) is 3. The average Bonchev–Trinajstić information content (AvgIpc) is 3.10. The topological polar surface area (TPSA) is 74.7 Å². The molecule has 0 radical (unpaired) electrons. The second kappa shape index (κ2) is 7.88. The molecule has 0 saturated carbocycles. The molecular weight excluding hydrogens is 420 g/mol. The van der Waals surface area contributed by atoms with Crippen LogP contribution in [-0.2, 0) is 4.79 Å². The summed E-state index contributed by atoms with van der Waals surface area (Å²) in [7, 11) is 0. The number of ketones is 1. The standard InChI is InChI=1S/C24H15F2NO5/c25-24(26)32-17-4-2-1-3-14(17)11-19-22(29)15-5-6-18-21(23(15)31-19)16(12-20(28)30-18)13-7-9-27-10-8-13/h1-11,16,24H,12H2/b19-11-. The van der Waals surface area contributed by atoms with Gasteiger partial charge in [-0.2, -0.15) is 8.78 Å². The van der Waals surface area contributed by atoms with Gasteiger partial charge in [-0.1, -0.05) is 18.2 Å². The monoisotopic (exact) mass is 435 g/mol. The third-order valence-corrected chi connectivity index (χ3v) is 5.31. The summed E-state index contributed by atoms with van der Waals surface area (Å²) in [6, 6.07) is 12.8. The quantitative estimate of drug-likeness (QED) is 0.335. The van der Waals surface area contributed by atoms with Crippen molar-refractivity contribution in [3.63, 3.8) is 0 Å². The van der Waals surface area contributed by atoms with E-state index in [0.717, 1.165) is 5.56 Å². The Labute approximate surface area is 181 Å². The van der Waals surface area contributed by atoms with E-state index in [1.165, 1.54) is 18.2 Å². The van der Waals surface area contributed by atoms with E-state index in [1.807, 2.05) is 0 Å². The summed E-state index contributed by atoms with van der Waals surface area (Å²) < 4.78 is 41.3. The number of halogens is 2. The lowest BCUT2D eigenvalue weighted by Gasteiger charge is -2.26. The van der Waals surface area contributed by atoms with Gasteiger partial charge in [0.15, 0.2) is 5.76 Å². The lowest BCUT2D eigenvalue weighted by atomic mass is 9.85. The first kappa shape index (κ1) is 19.9. The molecular formula is C24H15F2NO5. The molecule has 160 valence electrons. The van der Waals surface area contributed by atoms with E-state index < -0.39 is 18.4 Å². The van der Waals surface area contributed by atoms with E-state index in [0.29, 0.717) is 22.6 Å². The fourth-order valence-electron chi connectivity index (χ4n) is 3.93. The van der Waals surface area contributed by atoms with Crippen LogP contribution in [0.5, 0.6) is 17.2 Å². The number of hydrogen-bond donors (Lipinski definition) is 0. The first-order chi connectivity index (χ1) is 15.5. The summed E-state index contributed by atoms with van der Waals surface area (Å²) >= 11 is 0. The number of fused-ring (bicyclic) bond motifs is 3. The molecule has 0 amide bonds. The zero-order valence-electron chi connectivity index (χ0n) is 16.5. The van der Waals surface area contributed by atoms with Gasteiger partial charge in [0.25, 0.3) is 0 Å². The number of carbonyl (C=O) groups is 2. The molecule has 1 unspecified atom stereocenters. The Balaban J connectivity index is 1.59. The molecule has 0 aliphatic carbocycles. The molecule has 3 heterocycles. The maximum Gasteiger partial charge on any atom is 0.387 e. The van der Waals surface area contributed by atoms with E-state index in [-0.39, 0.29) is 29.4 Å². The number of aromatic nitrogens is 1. The van der Waals surface area contributed by atoms with E-state index >= 15 is 0 Å². The van der Waals surface area contributed by atoms with Crippen LogP contribution in [0.2, 0.25) is 0 Å². The number of pyridine rings is 1. The Morgan fingerprint density at radius 1 is 1.03 bits per heavy atom. The Morgan fingerprint density at radius 2 is 1.81 bits per heavy atom. The zero-order valence-corrected chi connectivity index (χ0v) is 16.5. The van der Waals surface area contributed by atoms with E-state index in [9.17, 15) is 18.4 Å². The number of alkyl halides is 2. The Bertz CT molecular complexity index is 1260. The highest BCUT2D eigenvalue weighted by molar-refractivity contribution is 6.15. The van der Waals surface area contributed by atoms with Gasteiger partial charge in [0.1, 0.15) is 17.2 Å². The van der Waals surface area contributed by atoms with Crippen molar-refractivity contribution < 1.29 is 32.6 Å². The van der Waals surface area contributed by atoms with Crippen LogP contribution in [-0.4, -0.2) is 23.3 Å². The first-order valence-electron chi connectivity index (χ1n) is 9.77. The molecule has 3 aromatic rings. The molecule has 32 heavy (non-hydrogen) atoms. The maximum atomic E-state index is 13.0. The number of carbonyl (C=O) groups excluding carboxylic acids is 2. The molecule has 0 fully saturated rings. The van der Waals surface area contributed by atoms with E-state index in [4.69, 9.17) is 9.47 Å². The molecule has 2 aromatic carbocycles. The summed E-state index contributed by atoms with van der Waals surface area (Å²) in [4.78, 5) is 29.2. The largest absolute Gasteiger partial charge is 0.452 e. The summed E-state index contributed by atoms with van der Waals surface area (Å²) in [6.07, 6.45) is 4.68. The van der Waals surface area contributed by atoms with Crippen molar-refractivity contribution >= 4 is 17.8 Å². The number of benzene rings is 2. The highest BCUT2D eigenvalue weighted by Crippen LogP contribution is 2.49. The lowest BCUT2D eigenvalue weighted by molar-refractivity contribution is -0.135.